The van der Waals surface area contributed by atoms with Crippen molar-refractivity contribution in [2.24, 2.45) is 7.05 Å². The van der Waals surface area contributed by atoms with E-state index < -0.39 is 5.97 Å². The Hall–Kier alpha value is -3.88. The van der Waals surface area contributed by atoms with E-state index >= 15 is 0 Å². The third-order valence-corrected chi connectivity index (χ3v) is 7.43. The Labute approximate surface area is 236 Å². The molecular weight excluding hydrogens is 533 g/mol. The van der Waals surface area contributed by atoms with Crippen molar-refractivity contribution in [1.29, 1.82) is 0 Å². The molecular formula is C31H31ClFN3O4. The molecule has 0 amide bonds. The summed E-state index contributed by atoms with van der Waals surface area (Å²) in [5.41, 5.74) is 4.78. The molecule has 2 N–H and O–H groups in total. The van der Waals surface area contributed by atoms with Gasteiger partial charge >= 0.3 is 5.97 Å². The third kappa shape index (κ3) is 5.05. The lowest BCUT2D eigenvalue weighted by atomic mass is 9.97. The molecule has 0 saturated heterocycles. The molecule has 0 aliphatic carbocycles. The van der Waals surface area contributed by atoms with Crippen molar-refractivity contribution in [3.05, 3.63) is 82.0 Å². The van der Waals surface area contributed by atoms with Crippen LogP contribution in [-0.4, -0.2) is 39.1 Å². The molecule has 2 heterocycles. The van der Waals surface area contributed by atoms with E-state index in [1.165, 1.54) is 12.1 Å². The molecule has 40 heavy (non-hydrogen) atoms. The summed E-state index contributed by atoms with van der Waals surface area (Å²) in [7, 11) is 1.84. The van der Waals surface area contributed by atoms with E-state index in [2.05, 4.69) is 10.1 Å². The van der Waals surface area contributed by atoms with Crippen molar-refractivity contribution in [1.82, 2.24) is 14.8 Å². The van der Waals surface area contributed by atoms with Gasteiger partial charge in [-0.2, -0.15) is 5.10 Å². The lowest BCUT2D eigenvalue weighted by Crippen LogP contribution is -2.09. The molecule has 9 heteroatoms. The second-order valence-corrected chi connectivity index (χ2v) is 9.93. The summed E-state index contributed by atoms with van der Waals surface area (Å²) in [5, 5.41) is 17.5. The van der Waals surface area contributed by atoms with Gasteiger partial charge in [-0.1, -0.05) is 36.7 Å². The van der Waals surface area contributed by atoms with Crippen molar-refractivity contribution in [3.8, 4) is 16.9 Å². The number of benzene rings is 3. The number of hydrogen-bond acceptors (Lipinski definition) is 5. The summed E-state index contributed by atoms with van der Waals surface area (Å²) in [5.74, 6) is -0.0632. The van der Waals surface area contributed by atoms with Crippen molar-refractivity contribution in [3.63, 3.8) is 0 Å². The molecule has 0 aliphatic heterocycles. The minimum absolute atomic E-state index is 0.239. The largest absolute Gasteiger partial charge is 0.493 e. The standard InChI is InChI=1S/C31H31ClFN3O4/c1-4-25-28(24(17-37)35-36(25)3)27-23(32)14-13-22-21(30(34-29(22)27)31(38)39-5-2)9-7-15-40-26-10-6-8-18-16-19(33)11-12-20(18)26/h6,8,10-14,16,34,37H,4-5,7,9,15,17H2,1-3H3. The van der Waals surface area contributed by atoms with E-state index in [-0.39, 0.29) is 19.0 Å². The van der Waals surface area contributed by atoms with Crippen LogP contribution in [-0.2, 0) is 31.2 Å². The number of ether oxygens (including phenoxy) is 2. The number of hydrogen-bond donors (Lipinski definition) is 2. The van der Waals surface area contributed by atoms with Crippen LogP contribution in [0.15, 0.2) is 48.5 Å². The Morgan fingerprint density at radius 3 is 2.67 bits per heavy atom. The molecule has 3 aromatic carbocycles. The minimum Gasteiger partial charge on any atom is -0.493 e. The number of halogens is 2. The number of esters is 1. The van der Waals surface area contributed by atoms with E-state index in [9.17, 15) is 14.3 Å². The van der Waals surface area contributed by atoms with Crippen LogP contribution < -0.4 is 4.74 Å². The van der Waals surface area contributed by atoms with Crippen LogP contribution in [0.25, 0.3) is 32.8 Å². The maximum absolute atomic E-state index is 13.7. The molecule has 5 rings (SSSR count). The maximum Gasteiger partial charge on any atom is 0.355 e. The monoisotopic (exact) mass is 563 g/mol. The van der Waals surface area contributed by atoms with Gasteiger partial charge in [0.2, 0.25) is 0 Å². The number of H-pyrrole nitrogens is 1. The van der Waals surface area contributed by atoms with Gasteiger partial charge in [0.1, 0.15) is 17.3 Å². The van der Waals surface area contributed by atoms with E-state index in [0.717, 1.165) is 33.0 Å². The van der Waals surface area contributed by atoms with Crippen molar-refractivity contribution < 1.29 is 23.8 Å². The third-order valence-electron chi connectivity index (χ3n) is 7.12. The quantitative estimate of drug-likeness (QED) is 0.145. The molecule has 0 aliphatic rings. The van der Waals surface area contributed by atoms with Crippen molar-refractivity contribution >= 4 is 39.2 Å². The highest BCUT2D eigenvalue weighted by Crippen LogP contribution is 2.41. The zero-order valence-corrected chi connectivity index (χ0v) is 23.4. The number of aromatic nitrogens is 3. The molecule has 0 spiro atoms. The molecule has 0 unspecified atom stereocenters. The van der Waals surface area contributed by atoms with Gasteiger partial charge in [-0.05, 0) is 67.5 Å². The van der Waals surface area contributed by atoms with Gasteiger partial charge in [-0.25, -0.2) is 9.18 Å². The summed E-state index contributed by atoms with van der Waals surface area (Å²) in [6, 6.07) is 13.9. The van der Waals surface area contributed by atoms with Crippen molar-refractivity contribution in [2.45, 2.75) is 39.7 Å². The summed E-state index contributed by atoms with van der Waals surface area (Å²) in [6.45, 7) is 4.17. The van der Waals surface area contributed by atoms with E-state index in [1.54, 1.807) is 17.7 Å². The van der Waals surface area contributed by atoms with Gasteiger partial charge in [0.05, 0.1) is 36.1 Å². The second-order valence-electron chi connectivity index (χ2n) is 9.52. The van der Waals surface area contributed by atoms with Crippen LogP contribution in [0.1, 0.15) is 47.7 Å². The second kappa shape index (κ2) is 11.7. The van der Waals surface area contributed by atoms with E-state index in [1.807, 2.05) is 44.3 Å². The first-order valence-electron chi connectivity index (χ1n) is 13.3. The smallest absolute Gasteiger partial charge is 0.355 e. The predicted octanol–water partition coefficient (Wildman–Crippen LogP) is 6.76. The first kappa shape index (κ1) is 27.7. The molecule has 208 valence electrons. The van der Waals surface area contributed by atoms with Gasteiger partial charge in [0.25, 0.3) is 0 Å². The Kier molecular flexibility index (Phi) is 8.09. The molecule has 2 aromatic heterocycles. The topological polar surface area (TPSA) is 89.4 Å². The maximum atomic E-state index is 13.7. The zero-order chi connectivity index (χ0) is 28.4. The predicted molar refractivity (Wildman–Crippen MR) is 154 cm³/mol. The number of aryl methyl sites for hydroxylation is 2. The fourth-order valence-corrected chi connectivity index (χ4v) is 5.63. The SMILES string of the molecule is CCOC(=O)c1[nH]c2c(-c3c(CO)nn(C)c3CC)c(Cl)ccc2c1CCCOc1cccc2cc(F)ccc12. The average Bonchev–Trinajstić information content (AvgIpc) is 3.47. The molecule has 0 radical (unpaired) electrons. The first-order valence-corrected chi connectivity index (χ1v) is 13.7. The van der Waals surface area contributed by atoms with Crippen LogP contribution in [0.3, 0.4) is 0 Å². The Morgan fingerprint density at radius 2 is 1.93 bits per heavy atom. The molecule has 0 atom stereocenters. The zero-order valence-electron chi connectivity index (χ0n) is 22.7. The summed E-state index contributed by atoms with van der Waals surface area (Å²) in [4.78, 5) is 16.3. The number of carbonyl (C=O) groups excluding carboxylic acids is 1. The van der Waals surface area contributed by atoms with E-state index in [0.29, 0.717) is 59.1 Å². The molecule has 5 aromatic rings. The first-order chi connectivity index (χ1) is 19.4. The number of carbonyl (C=O) groups is 1. The summed E-state index contributed by atoms with van der Waals surface area (Å²) in [6.07, 6.45) is 1.83. The Morgan fingerprint density at radius 1 is 1.12 bits per heavy atom. The van der Waals surface area contributed by atoms with Gasteiger partial charge in [0, 0.05) is 34.6 Å². The fourth-order valence-electron chi connectivity index (χ4n) is 5.38. The lowest BCUT2D eigenvalue weighted by Gasteiger charge is -2.11. The lowest BCUT2D eigenvalue weighted by molar-refractivity contribution is 0.0519. The normalized spacial score (nSPS) is 11.4. The van der Waals surface area contributed by atoms with Gasteiger partial charge in [-0.3, -0.25) is 4.68 Å². The summed E-state index contributed by atoms with van der Waals surface area (Å²) >= 11 is 6.76. The number of aliphatic hydroxyl groups is 1. The number of rotatable bonds is 10. The molecule has 0 saturated carbocycles. The van der Waals surface area contributed by atoms with Crippen LogP contribution in [0.2, 0.25) is 5.02 Å². The average molecular weight is 564 g/mol. The van der Waals surface area contributed by atoms with E-state index in [4.69, 9.17) is 21.1 Å². The number of nitrogens with one attached hydrogen (secondary N) is 1. The highest BCUT2D eigenvalue weighted by atomic mass is 35.5. The number of nitrogens with zero attached hydrogens (tertiary/aromatic N) is 2. The van der Waals surface area contributed by atoms with Gasteiger partial charge in [-0.15, -0.1) is 0 Å². The van der Waals surface area contributed by atoms with Crippen LogP contribution in [0, 0.1) is 5.82 Å². The van der Waals surface area contributed by atoms with Crippen molar-refractivity contribution in [2.75, 3.05) is 13.2 Å². The Bertz CT molecular complexity index is 1710. The van der Waals surface area contributed by atoms with Gasteiger partial charge < -0.3 is 19.6 Å². The highest BCUT2D eigenvalue weighted by molar-refractivity contribution is 6.35. The minimum atomic E-state index is -0.447. The molecule has 7 nitrogen and oxygen atoms in total. The number of aliphatic hydroxyl groups excluding tert-OH is 1. The summed E-state index contributed by atoms with van der Waals surface area (Å²) < 4.78 is 26.9. The number of fused-ring (bicyclic) bond motifs is 2. The van der Waals surface area contributed by atoms with Gasteiger partial charge in [0.15, 0.2) is 0 Å². The molecule has 0 bridgehead atoms. The highest BCUT2D eigenvalue weighted by Gasteiger charge is 2.26. The Balaban J connectivity index is 1.51. The fraction of sp³-hybridized carbons (Fsp3) is 0.290. The van der Waals surface area contributed by atoms with Crippen LogP contribution >= 0.6 is 11.6 Å². The molecule has 0 fully saturated rings. The van der Waals surface area contributed by atoms with Crippen LogP contribution in [0.5, 0.6) is 5.75 Å². The van der Waals surface area contributed by atoms with Crippen LogP contribution in [0.4, 0.5) is 4.39 Å². The number of aromatic amines is 1.